The fourth-order valence-electron chi connectivity index (χ4n) is 9.31. The topological polar surface area (TPSA) is 142 Å². The Labute approximate surface area is 350 Å². The van der Waals surface area contributed by atoms with Gasteiger partial charge in [-0.1, -0.05) is 70.7 Å². The van der Waals surface area contributed by atoms with E-state index in [4.69, 9.17) is 44.3 Å². The Bertz CT molecular complexity index is 2470. The maximum Gasteiger partial charge on any atom is 0.433 e. The van der Waals surface area contributed by atoms with Crippen molar-refractivity contribution in [2.75, 3.05) is 31.7 Å². The lowest BCUT2D eigenvalue weighted by Crippen LogP contribution is -2.53. The first-order valence-corrected chi connectivity index (χ1v) is 19.3. The van der Waals surface area contributed by atoms with Gasteiger partial charge in [-0.2, -0.15) is 23.2 Å². The number of nitrogens with zero attached hydrogens (tertiary/aromatic N) is 4. The highest BCUT2D eigenvalue weighted by molar-refractivity contribution is 6.36. The van der Waals surface area contributed by atoms with Crippen LogP contribution >= 0.6 is 34.8 Å². The maximum atomic E-state index is 15.5. The minimum Gasteiger partial charge on any atom is -0.504 e. The van der Waals surface area contributed by atoms with Crippen LogP contribution < -0.4 is 19.9 Å². The number of nitrogens with one attached hydrogen (secondary N) is 1. The fraction of sp³-hybridized carbons (Fsp3) is 0.293. The van der Waals surface area contributed by atoms with Gasteiger partial charge in [0.2, 0.25) is 0 Å². The Morgan fingerprint density at radius 1 is 0.898 bits per heavy atom. The van der Waals surface area contributed by atoms with E-state index >= 15 is 4.79 Å². The van der Waals surface area contributed by atoms with E-state index in [1.165, 1.54) is 45.5 Å². The molecular weight excluding hydrogens is 838 g/mol. The van der Waals surface area contributed by atoms with Crippen molar-refractivity contribution in [3.63, 3.8) is 0 Å². The van der Waals surface area contributed by atoms with E-state index in [0.717, 1.165) is 21.1 Å². The van der Waals surface area contributed by atoms with Crippen molar-refractivity contribution in [1.82, 2.24) is 15.0 Å². The van der Waals surface area contributed by atoms with Crippen LogP contribution in [0.25, 0.3) is 0 Å². The molecule has 3 heterocycles. The number of aromatic nitrogens is 1. The standard InChI is InChI=1S/C41H33Cl3F3N5O7/c1-50(35-27(43)14-16-31(48-35)41(45,46)47)52-36(54)23-13-12-22-25(32(23)38(52)56)18-26-37(55)51(49-29-15-9-20(42)17-28(29)44)39(57)40(26,19-7-10-21(58-2)11-8-19)33(22)24-5-4-6-30(59-3)34(24)53/h4-12,14-17,23,25-26,32-33,49,53H,13,18H2,1-3H3. The predicted octanol–water partition coefficient (Wildman–Crippen LogP) is 7.82. The van der Waals surface area contributed by atoms with E-state index in [2.05, 4.69) is 10.4 Å². The number of benzene rings is 3. The molecule has 59 heavy (non-hydrogen) atoms. The molecule has 0 bridgehead atoms. The number of amides is 4. The molecule has 4 aromatic rings. The summed E-state index contributed by atoms with van der Waals surface area (Å²) in [5, 5.41) is 14.6. The number of pyridine rings is 1. The number of carbonyl (C=O) groups excluding carboxylic acids is 4. The van der Waals surface area contributed by atoms with Gasteiger partial charge in [0.15, 0.2) is 17.3 Å². The van der Waals surface area contributed by atoms with Crippen LogP contribution in [0.5, 0.6) is 17.2 Å². The van der Waals surface area contributed by atoms with Crippen LogP contribution in [0.3, 0.4) is 0 Å². The van der Waals surface area contributed by atoms with Crippen LogP contribution in [0.15, 0.2) is 84.4 Å². The number of halogens is 6. The summed E-state index contributed by atoms with van der Waals surface area (Å²) in [4.78, 5) is 63.1. The molecule has 4 amide bonds. The van der Waals surface area contributed by atoms with E-state index < -0.39 is 76.3 Å². The van der Waals surface area contributed by atoms with E-state index in [1.54, 1.807) is 42.5 Å². The number of ether oxygens (including phenoxy) is 2. The minimum atomic E-state index is -4.85. The Balaban J connectivity index is 1.31. The van der Waals surface area contributed by atoms with Gasteiger partial charge in [-0.3, -0.25) is 29.6 Å². The molecule has 8 rings (SSSR count). The van der Waals surface area contributed by atoms with Crippen LogP contribution in [0, 0.1) is 23.7 Å². The molecule has 2 saturated heterocycles. The van der Waals surface area contributed by atoms with Crippen molar-refractivity contribution in [2.24, 2.45) is 23.7 Å². The number of rotatable bonds is 8. The third-order valence-corrected chi connectivity index (χ3v) is 12.7. The lowest BCUT2D eigenvalue weighted by atomic mass is 9.49. The zero-order chi connectivity index (χ0) is 42.3. The number of allylic oxidation sites excluding steroid dienone is 2. The molecule has 0 spiro atoms. The van der Waals surface area contributed by atoms with Gasteiger partial charge in [-0.05, 0) is 72.9 Å². The molecule has 4 aliphatic rings. The third-order valence-electron chi connectivity index (χ3n) is 11.8. The summed E-state index contributed by atoms with van der Waals surface area (Å²) in [5.41, 5.74) is 1.11. The predicted molar refractivity (Wildman–Crippen MR) is 210 cm³/mol. The second-order valence-corrected chi connectivity index (χ2v) is 15.9. The zero-order valence-corrected chi connectivity index (χ0v) is 33.5. The number of hydrogen-bond donors (Lipinski definition) is 2. The maximum absolute atomic E-state index is 15.5. The highest BCUT2D eigenvalue weighted by Gasteiger charge is 2.71. The lowest BCUT2D eigenvalue weighted by molar-refractivity contribution is -0.142. The second kappa shape index (κ2) is 14.6. The number of phenolic OH excluding ortho intramolecular Hbond substituents is 1. The lowest BCUT2D eigenvalue weighted by Gasteiger charge is -2.50. The Morgan fingerprint density at radius 2 is 1.63 bits per heavy atom. The average molecular weight is 871 g/mol. The number of fused-ring (bicyclic) bond motifs is 4. The number of hydrogen-bond acceptors (Lipinski definition) is 10. The quantitative estimate of drug-likeness (QED) is 0.133. The molecule has 12 nitrogen and oxygen atoms in total. The number of alkyl halides is 3. The van der Waals surface area contributed by atoms with Gasteiger partial charge >= 0.3 is 6.18 Å². The molecule has 1 aromatic heterocycles. The molecule has 3 aromatic carbocycles. The monoisotopic (exact) mass is 869 g/mol. The van der Waals surface area contributed by atoms with E-state index in [1.807, 2.05) is 0 Å². The number of para-hydroxylation sites is 1. The van der Waals surface area contributed by atoms with Crippen LogP contribution in [-0.2, 0) is 30.8 Å². The summed E-state index contributed by atoms with van der Waals surface area (Å²) >= 11 is 19.0. The highest BCUT2D eigenvalue weighted by atomic mass is 35.5. The molecule has 6 atom stereocenters. The van der Waals surface area contributed by atoms with Crippen molar-refractivity contribution in [3.8, 4) is 17.2 Å². The Morgan fingerprint density at radius 3 is 2.29 bits per heavy atom. The summed E-state index contributed by atoms with van der Waals surface area (Å²) in [6.07, 6.45) is -3.25. The molecular formula is C41H33Cl3F3N5O7. The van der Waals surface area contributed by atoms with Crippen molar-refractivity contribution in [1.29, 1.82) is 0 Å². The summed E-state index contributed by atoms with van der Waals surface area (Å²) in [6, 6.07) is 17.5. The molecule has 0 radical (unpaired) electrons. The number of methoxy groups -OCH3 is 2. The number of aromatic hydroxyl groups is 1. The van der Waals surface area contributed by atoms with Crippen LogP contribution in [0.2, 0.25) is 15.1 Å². The normalized spacial score (nSPS) is 25.0. The van der Waals surface area contributed by atoms with Gasteiger partial charge in [-0.15, -0.1) is 0 Å². The molecule has 18 heteroatoms. The minimum absolute atomic E-state index is 0.0236. The van der Waals surface area contributed by atoms with Gasteiger partial charge in [0.05, 0.1) is 53.1 Å². The van der Waals surface area contributed by atoms with Crippen molar-refractivity contribution < 1.29 is 46.9 Å². The van der Waals surface area contributed by atoms with Crippen molar-refractivity contribution in [2.45, 2.75) is 30.4 Å². The molecule has 1 saturated carbocycles. The van der Waals surface area contributed by atoms with Gasteiger partial charge in [0.1, 0.15) is 11.4 Å². The first-order chi connectivity index (χ1) is 28.0. The number of hydrazine groups is 2. The van der Waals surface area contributed by atoms with Gasteiger partial charge in [-0.25, -0.2) is 4.98 Å². The van der Waals surface area contributed by atoms with Gasteiger partial charge < -0.3 is 14.6 Å². The third kappa shape index (κ3) is 6.15. The molecule has 2 N–H and O–H groups in total. The van der Waals surface area contributed by atoms with Crippen LogP contribution in [0.4, 0.5) is 24.7 Å². The highest BCUT2D eigenvalue weighted by Crippen LogP contribution is 2.65. The molecule has 6 unspecified atom stereocenters. The largest absolute Gasteiger partial charge is 0.504 e. The average Bonchev–Trinajstić information content (AvgIpc) is 3.59. The number of carbonyl (C=O) groups is 4. The first-order valence-electron chi connectivity index (χ1n) is 18.2. The summed E-state index contributed by atoms with van der Waals surface area (Å²) in [5.74, 6) is -8.53. The summed E-state index contributed by atoms with van der Waals surface area (Å²) < 4.78 is 52.1. The molecule has 2 aliphatic carbocycles. The number of anilines is 2. The van der Waals surface area contributed by atoms with Gasteiger partial charge in [0, 0.05) is 23.6 Å². The number of imide groups is 2. The van der Waals surface area contributed by atoms with E-state index in [9.17, 15) is 32.7 Å². The van der Waals surface area contributed by atoms with E-state index in [0.29, 0.717) is 28.0 Å². The Hall–Kier alpha value is -5.51. The molecule has 3 fully saturated rings. The second-order valence-electron chi connectivity index (χ2n) is 14.6. The number of phenols is 1. The first kappa shape index (κ1) is 40.3. The fourth-order valence-corrected chi connectivity index (χ4v) is 9.99. The van der Waals surface area contributed by atoms with Gasteiger partial charge in [0.25, 0.3) is 23.6 Å². The summed E-state index contributed by atoms with van der Waals surface area (Å²) in [6.45, 7) is 0. The van der Waals surface area contributed by atoms with Crippen LogP contribution in [-0.4, -0.2) is 65.0 Å². The van der Waals surface area contributed by atoms with E-state index in [-0.39, 0.29) is 45.6 Å². The SMILES string of the molecule is COc1ccc(C23C(=O)N(Nc4ccc(Cl)cc4Cl)C(=O)C2CC2C(=CCC4C(=O)N(N(C)c5nc(C(F)(F)F)ccc5Cl)C(=O)C42)C3c2cccc(OC)c2O)cc1. The molecule has 2 aliphatic heterocycles. The summed E-state index contributed by atoms with van der Waals surface area (Å²) in [7, 11) is 4.05. The van der Waals surface area contributed by atoms with Crippen LogP contribution in [0.1, 0.15) is 35.6 Å². The van der Waals surface area contributed by atoms with Crippen molar-refractivity contribution in [3.05, 3.63) is 116 Å². The smallest absolute Gasteiger partial charge is 0.433 e. The zero-order valence-electron chi connectivity index (χ0n) is 31.3. The Kier molecular flexibility index (Phi) is 10.00. The molecule has 306 valence electrons. The van der Waals surface area contributed by atoms with Crippen molar-refractivity contribution >= 4 is 69.9 Å².